The van der Waals surface area contributed by atoms with Crippen molar-refractivity contribution in [1.82, 2.24) is 0 Å². The first-order valence-corrected chi connectivity index (χ1v) is 10.8. The van der Waals surface area contributed by atoms with E-state index in [2.05, 4.69) is 0 Å². The van der Waals surface area contributed by atoms with Crippen LogP contribution in [-0.2, 0) is 4.79 Å². The van der Waals surface area contributed by atoms with Crippen molar-refractivity contribution in [3.8, 4) is 23.0 Å². The molecule has 0 bridgehead atoms. The molecule has 7 nitrogen and oxygen atoms in total. The quantitative estimate of drug-likeness (QED) is 0.447. The number of para-hydroxylation sites is 1. The summed E-state index contributed by atoms with van der Waals surface area (Å²) in [7, 11) is 4.74. The van der Waals surface area contributed by atoms with Crippen molar-refractivity contribution in [2.24, 2.45) is 4.99 Å². The number of ether oxygens (including phenoxy) is 4. The fourth-order valence-electron chi connectivity index (χ4n) is 3.72. The highest BCUT2D eigenvalue weighted by molar-refractivity contribution is 6.33. The minimum Gasteiger partial charge on any atom is -0.496 e. The van der Waals surface area contributed by atoms with Crippen LogP contribution in [0.2, 0.25) is 0 Å². The Balaban J connectivity index is 1.83. The highest BCUT2D eigenvalue weighted by Gasteiger charge is 2.33. The molecule has 0 aromatic heterocycles. The molecule has 1 heterocycles. The Labute approximate surface area is 198 Å². The van der Waals surface area contributed by atoms with Crippen LogP contribution in [0.1, 0.15) is 18.1 Å². The number of carbonyl (C=O) groups is 1. The van der Waals surface area contributed by atoms with Gasteiger partial charge in [-0.05, 0) is 61.5 Å². The van der Waals surface area contributed by atoms with Gasteiger partial charge in [0.05, 0.1) is 33.6 Å². The summed E-state index contributed by atoms with van der Waals surface area (Å²) in [6.07, 6.45) is 1.73. The number of methoxy groups -OCH3 is 3. The molecule has 0 saturated carbocycles. The number of aliphatic imine (C=N–C) groups is 1. The van der Waals surface area contributed by atoms with Crippen LogP contribution < -0.4 is 23.8 Å². The number of amides is 1. The normalized spacial score (nSPS) is 14.2. The topological polar surface area (TPSA) is 69.6 Å². The maximum Gasteiger partial charge on any atom is 0.282 e. The molecule has 0 unspecified atom stereocenters. The Bertz CT molecular complexity index is 1250. The van der Waals surface area contributed by atoms with E-state index in [-0.39, 0.29) is 5.91 Å². The lowest BCUT2D eigenvalue weighted by molar-refractivity contribution is -0.113. The SMILES string of the molecule is CCOc1ccc(N2C(=O)/C(=C/c3ccccc3OC)N=C2c2ccc(OC)c(OC)c2)cc1. The van der Waals surface area contributed by atoms with Crippen LogP contribution in [0.25, 0.3) is 6.08 Å². The minimum atomic E-state index is -0.250. The van der Waals surface area contributed by atoms with Gasteiger partial charge in [-0.15, -0.1) is 0 Å². The molecular weight excluding hydrogens is 432 g/mol. The first-order chi connectivity index (χ1) is 16.6. The van der Waals surface area contributed by atoms with Crippen LogP contribution in [0.4, 0.5) is 5.69 Å². The number of nitrogens with zero attached hydrogens (tertiary/aromatic N) is 2. The molecule has 4 rings (SSSR count). The van der Waals surface area contributed by atoms with Gasteiger partial charge < -0.3 is 18.9 Å². The Hall–Kier alpha value is -4.26. The highest BCUT2D eigenvalue weighted by atomic mass is 16.5. The molecule has 0 atom stereocenters. The number of rotatable bonds is 8. The van der Waals surface area contributed by atoms with E-state index in [0.29, 0.717) is 46.6 Å². The highest BCUT2D eigenvalue weighted by Crippen LogP contribution is 2.34. The van der Waals surface area contributed by atoms with Crippen molar-refractivity contribution in [3.05, 3.63) is 83.6 Å². The zero-order valence-corrected chi connectivity index (χ0v) is 19.6. The van der Waals surface area contributed by atoms with Crippen molar-refractivity contribution in [2.45, 2.75) is 6.92 Å². The van der Waals surface area contributed by atoms with Crippen LogP contribution in [0.15, 0.2) is 77.4 Å². The lowest BCUT2D eigenvalue weighted by atomic mass is 10.1. The number of hydrogen-bond acceptors (Lipinski definition) is 6. The minimum absolute atomic E-state index is 0.250. The maximum atomic E-state index is 13.6. The smallest absolute Gasteiger partial charge is 0.282 e. The van der Waals surface area contributed by atoms with Gasteiger partial charge in [0, 0.05) is 11.1 Å². The van der Waals surface area contributed by atoms with Gasteiger partial charge in [0.15, 0.2) is 11.5 Å². The molecule has 0 spiro atoms. The third kappa shape index (κ3) is 4.45. The molecule has 0 fully saturated rings. The summed E-state index contributed by atoms with van der Waals surface area (Å²) in [4.78, 5) is 19.9. The van der Waals surface area contributed by atoms with Crippen LogP contribution in [0.5, 0.6) is 23.0 Å². The largest absolute Gasteiger partial charge is 0.496 e. The molecule has 7 heteroatoms. The van der Waals surface area contributed by atoms with Crippen molar-refractivity contribution < 1.29 is 23.7 Å². The third-order valence-electron chi connectivity index (χ3n) is 5.34. The molecule has 0 aliphatic carbocycles. The predicted molar refractivity (Wildman–Crippen MR) is 132 cm³/mol. The molecule has 0 N–H and O–H groups in total. The Morgan fingerprint density at radius 2 is 1.56 bits per heavy atom. The third-order valence-corrected chi connectivity index (χ3v) is 5.34. The fourth-order valence-corrected chi connectivity index (χ4v) is 3.72. The monoisotopic (exact) mass is 458 g/mol. The summed E-state index contributed by atoms with van der Waals surface area (Å²) < 4.78 is 21.8. The molecule has 0 saturated heterocycles. The van der Waals surface area contributed by atoms with Crippen molar-refractivity contribution in [1.29, 1.82) is 0 Å². The number of hydrogen-bond donors (Lipinski definition) is 0. The van der Waals surface area contributed by atoms with Gasteiger partial charge in [-0.25, -0.2) is 4.99 Å². The molecule has 34 heavy (non-hydrogen) atoms. The van der Waals surface area contributed by atoms with Crippen LogP contribution in [0, 0.1) is 0 Å². The second-order valence-corrected chi connectivity index (χ2v) is 7.34. The van der Waals surface area contributed by atoms with E-state index in [1.165, 1.54) is 0 Å². The Morgan fingerprint density at radius 3 is 2.24 bits per heavy atom. The van der Waals surface area contributed by atoms with Crippen molar-refractivity contribution in [3.63, 3.8) is 0 Å². The van der Waals surface area contributed by atoms with Gasteiger partial charge in [0.1, 0.15) is 23.0 Å². The summed E-state index contributed by atoms with van der Waals surface area (Å²) in [5.41, 5.74) is 2.44. The van der Waals surface area contributed by atoms with Gasteiger partial charge in [0.2, 0.25) is 0 Å². The fraction of sp³-hybridized carbons (Fsp3) is 0.185. The second-order valence-electron chi connectivity index (χ2n) is 7.34. The molecule has 0 radical (unpaired) electrons. The zero-order chi connectivity index (χ0) is 24.1. The standard InChI is InChI=1S/C27H26N2O5/c1-5-34-21-13-11-20(12-14-21)29-26(19-10-15-24(32-3)25(17-19)33-4)28-22(27(29)30)16-18-8-6-7-9-23(18)31-2/h6-17H,5H2,1-4H3/b22-16-. The number of amidine groups is 1. The summed E-state index contributed by atoms with van der Waals surface area (Å²) in [6, 6.07) is 20.3. The Kier molecular flexibility index (Phi) is 6.82. The number of anilines is 1. The van der Waals surface area contributed by atoms with Gasteiger partial charge in [-0.2, -0.15) is 0 Å². The molecular formula is C27H26N2O5. The van der Waals surface area contributed by atoms with Gasteiger partial charge in [-0.3, -0.25) is 9.69 Å². The summed E-state index contributed by atoms with van der Waals surface area (Å²) in [5.74, 6) is 2.76. The zero-order valence-electron chi connectivity index (χ0n) is 19.6. The first-order valence-electron chi connectivity index (χ1n) is 10.8. The average molecular weight is 459 g/mol. The Morgan fingerprint density at radius 1 is 0.853 bits per heavy atom. The van der Waals surface area contributed by atoms with Crippen molar-refractivity contribution in [2.75, 3.05) is 32.8 Å². The van der Waals surface area contributed by atoms with E-state index in [4.69, 9.17) is 23.9 Å². The van der Waals surface area contributed by atoms with E-state index in [9.17, 15) is 4.79 Å². The maximum absolute atomic E-state index is 13.6. The number of carbonyl (C=O) groups excluding carboxylic acids is 1. The van der Waals surface area contributed by atoms with E-state index in [1.807, 2.05) is 61.5 Å². The molecule has 174 valence electrons. The molecule has 1 aliphatic rings. The summed E-state index contributed by atoms with van der Waals surface area (Å²) >= 11 is 0. The van der Waals surface area contributed by atoms with E-state index in [1.54, 1.807) is 44.4 Å². The van der Waals surface area contributed by atoms with Gasteiger partial charge in [0.25, 0.3) is 5.91 Å². The molecule has 3 aromatic carbocycles. The van der Waals surface area contributed by atoms with Gasteiger partial charge >= 0.3 is 0 Å². The van der Waals surface area contributed by atoms with Crippen LogP contribution >= 0.6 is 0 Å². The van der Waals surface area contributed by atoms with Gasteiger partial charge in [-0.1, -0.05) is 18.2 Å². The second kappa shape index (κ2) is 10.1. The number of benzene rings is 3. The predicted octanol–water partition coefficient (Wildman–Crippen LogP) is 4.95. The average Bonchev–Trinajstić information content (AvgIpc) is 3.20. The van der Waals surface area contributed by atoms with Crippen LogP contribution in [0.3, 0.4) is 0 Å². The molecule has 1 amide bonds. The first kappa shape index (κ1) is 22.9. The van der Waals surface area contributed by atoms with E-state index < -0.39 is 0 Å². The lowest BCUT2D eigenvalue weighted by Crippen LogP contribution is -2.32. The molecule has 1 aliphatic heterocycles. The lowest BCUT2D eigenvalue weighted by Gasteiger charge is -2.19. The summed E-state index contributed by atoms with van der Waals surface area (Å²) in [6.45, 7) is 2.49. The van der Waals surface area contributed by atoms with E-state index >= 15 is 0 Å². The van der Waals surface area contributed by atoms with E-state index in [0.717, 1.165) is 11.3 Å². The summed E-state index contributed by atoms with van der Waals surface area (Å²) in [5, 5.41) is 0. The van der Waals surface area contributed by atoms with Crippen LogP contribution in [-0.4, -0.2) is 39.7 Å². The van der Waals surface area contributed by atoms with Crippen molar-refractivity contribution >= 4 is 23.5 Å². The molecule has 3 aromatic rings.